The molecule has 0 fully saturated rings. The van der Waals surface area contributed by atoms with Crippen LogP contribution in [0, 0.1) is 0 Å². The van der Waals surface area contributed by atoms with E-state index in [0.717, 1.165) is 16.9 Å². The van der Waals surface area contributed by atoms with Gasteiger partial charge in [0.15, 0.2) is 0 Å². The number of nitrogens with zero attached hydrogens (tertiary/aromatic N) is 2. The molecule has 4 rings (SSSR count). The molecule has 0 unspecified atom stereocenters. The number of pyridine rings is 1. The molecule has 2 heterocycles. The molecule has 1 aromatic heterocycles. The van der Waals surface area contributed by atoms with Crippen molar-refractivity contribution in [3.05, 3.63) is 84.2 Å². The van der Waals surface area contributed by atoms with E-state index in [1.54, 1.807) is 29.1 Å². The Balaban J connectivity index is 1.82. The Morgan fingerprint density at radius 2 is 1.72 bits per heavy atom. The largest absolute Gasteiger partial charge is 0.360 e. The first-order valence-corrected chi connectivity index (χ1v) is 9.23. The number of thioether (sulfide) groups is 1. The van der Waals surface area contributed by atoms with Crippen LogP contribution >= 0.6 is 11.8 Å². The fourth-order valence-electron chi connectivity index (χ4n) is 3.04. The third-order valence-corrected chi connectivity index (χ3v) is 5.04. The number of para-hydroxylation sites is 1. The number of benzene rings is 2. The minimum Gasteiger partial charge on any atom is -0.360 e. The van der Waals surface area contributed by atoms with E-state index in [1.807, 2.05) is 36.4 Å². The van der Waals surface area contributed by atoms with Crippen LogP contribution in [-0.2, 0) is 0 Å². The van der Waals surface area contributed by atoms with Crippen LogP contribution in [0.2, 0.25) is 0 Å². The zero-order chi connectivity index (χ0) is 17.2. The number of hydrogen-bond donors (Lipinski definition) is 1. The lowest BCUT2D eigenvalue weighted by Gasteiger charge is -2.38. The normalized spacial score (nSPS) is 16.3. The Labute approximate surface area is 150 Å². The van der Waals surface area contributed by atoms with Gasteiger partial charge < -0.3 is 5.32 Å². The predicted molar refractivity (Wildman–Crippen MR) is 102 cm³/mol. The third-order valence-electron chi connectivity index (χ3n) is 4.30. The quantitative estimate of drug-likeness (QED) is 0.705. The standard InChI is InChI=1S/C20H17N3OS/c1-25-16-8-6-14(7-9-16)19-22-18-5-3-2-4-17(18)20(24)23(19)15-10-12-21-13-11-15/h2-13,19,22H,1H3/t19-/m0/s1. The van der Waals surface area contributed by atoms with Gasteiger partial charge in [-0.3, -0.25) is 14.7 Å². The van der Waals surface area contributed by atoms with E-state index in [-0.39, 0.29) is 12.1 Å². The topological polar surface area (TPSA) is 45.2 Å². The molecule has 1 aliphatic heterocycles. The van der Waals surface area contributed by atoms with Gasteiger partial charge in [-0.05, 0) is 48.2 Å². The minimum absolute atomic E-state index is 0.0144. The lowest BCUT2D eigenvalue weighted by molar-refractivity contribution is 0.0975. The van der Waals surface area contributed by atoms with Gasteiger partial charge in [0.05, 0.1) is 5.56 Å². The van der Waals surface area contributed by atoms with Crippen molar-refractivity contribution in [3.8, 4) is 0 Å². The Morgan fingerprint density at radius 1 is 1.00 bits per heavy atom. The van der Waals surface area contributed by atoms with Gasteiger partial charge in [0.1, 0.15) is 6.17 Å². The molecule has 0 radical (unpaired) electrons. The molecule has 0 saturated heterocycles. The van der Waals surface area contributed by atoms with E-state index < -0.39 is 0 Å². The van der Waals surface area contributed by atoms with E-state index in [2.05, 4.69) is 40.8 Å². The third kappa shape index (κ3) is 2.87. The molecule has 0 aliphatic carbocycles. The molecule has 3 aromatic rings. The number of amides is 1. The number of aromatic nitrogens is 1. The highest BCUT2D eigenvalue weighted by Crippen LogP contribution is 2.36. The first-order valence-electron chi connectivity index (χ1n) is 8.01. The average Bonchev–Trinajstić information content (AvgIpc) is 2.69. The second kappa shape index (κ2) is 6.61. The first-order chi connectivity index (χ1) is 12.3. The van der Waals surface area contributed by atoms with Gasteiger partial charge in [-0.25, -0.2) is 0 Å². The fourth-order valence-corrected chi connectivity index (χ4v) is 3.45. The maximum absolute atomic E-state index is 13.2. The van der Waals surface area contributed by atoms with Gasteiger partial charge in [0.25, 0.3) is 5.91 Å². The van der Waals surface area contributed by atoms with Crippen molar-refractivity contribution in [2.45, 2.75) is 11.1 Å². The maximum Gasteiger partial charge on any atom is 0.262 e. The highest BCUT2D eigenvalue weighted by molar-refractivity contribution is 7.98. The Bertz CT molecular complexity index is 896. The second-order valence-electron chi connectivity index (χ2n) is 5.75. The van der Waals surface area contributed by atoms with Crippen molar-refractivity contribution in [2.75, 3.05) is 16.5 Å². The molecule has 0 saturated carbocycles. The Hall–Kier alpha value is -2.79. The Kier molecular flexibility index (Phi) is 4.15. The molecular formula is C20H17N3OS. The molecule has 4 nitrogen and oxygen atoms in total. The first kappa shape index (κ1) is 15.7. The molecule has 1 aliphatic rings. The van der Waals surface area contributed by atoms with Crippen LogP contribution in [0.1, 0.15) is 22.1 Å². The summed E-state index contributed by atoms with van der Waals surface area (Å²) >= 11 is 1.70. The Morgan fingerprint density at radius 3 is 2.44 bits per heavy atom. The van der Waals surface area contributed by atoms with Crippen LogP contribution in [0.15, 0.2) is 78.0 Å². The summed E-state index contributed by atoms with van der Waals surface area (Å²) in [7, 11) is 0. The van der Waals surface area contributed by atoms with Crippen molar-refractivity contribution in [1.29, 1.82) is 0 Å². The van der Waals surface area contributed by atoms with Gasteiger partial charge in [-0.15, -0.1) is 11.8 Å². The van der Waals surface area contributed by atoms with E-state index >= 15 is 0 Å². The van der Waals surface area contributed by atoms with E-state index in [1.165, 1.54) is 4.90 Å². The van der Waals surface area contributed by atoms with Crippen molar-refractivity contribution < 1.29 is 4.79 Å². The van der Waals surface area contributed by atoms with E-state index in [4.69, 9.17) is 0 Å². The molecule has 2 aromatic carbocycles. The summed E-state index contributed by atoms with van der Waals surface area (Å²) in [6.07, 6.45) is 5.20. The zero-order valence-corrected chi connectivity index (χ0v) is 14.5. The highest BCUT2D eigenvalue weighted by atomic mass is 32.2. The number of fused-ring (bicyclic) bond motifs is 1. The maximum atomic E-state index is 13.2. The van der Waals surface area contributed by atoms with Crippen LogP contribution in [-0.4, -0.2) is 17.1 Å². The summed E-state index contributed by atoms with van der Waals surface area (Å²) in [6.45, 7) is 0. The van der Waals surface area contributed by atoms with Gasteiger partial charge in [0, 0.05) is 28.7 Å². The summed E-state index contributed by atoms with van der Waals surface area (Å²) in [5.41, 5.74) is 3.39. The molecule has 124 valence electrons. The SMILES string of the molecule is CSc1ccc([C@H]2Nc3ccccc3C(=O)N2c2ccncc2)cc1. The molecule has 5 heteroatoms. The van der Waals surface area contributed by atoms with E-state index in [9.17, 15) is 4.79 Å². The fraction of sp³-hybridized carbons (Fsp3) is 0.100. The van der Waals surface area contributed by atoms with Crippen molar-refractivity contribution in [3.63, 3.8) is 0 Å². The predicted octanol–water partition coefficient (Wildman–Crippen LogP) is 4.57. The van der Waals surface area contributed by atoms with Gasteiger partial charge >= 0.3 is 0 Å². The number of hydrogen-bond acceptors (Lipinski definition) is 4. The van der Waals surface area contributed by atoms with Gasteiger partial charge in [-0.1, -0.05) is 24.3 Å². The summed E-state index contributed by atoms with van der Waals surface area (Å²) in [6, 6.07) is 19.6. The average molecular weight is 347 g/mol. The van der Waals surface area contributed by atoms with Crippen LogP contribution < -0.4 is 10.2 Å². The molecule has 25 heavy (non-hydrogen) atoms. The van der Waals surface area contributed by atoms with Crippen molar-refractivity contribution >= 4 is 29.0 Å². The number of carbonyl (C=O) groups is 1. The van der Waals surface area contributed by atoms with Crippen molar-refractivity contribution in [2.24, 2.45) is 0 Å². The molecular weight excluding hydrogens is 330 g/mol. The smallest absolute Gasteiger partial charge is 0.262 e. The van der Waals surface area contributed by atoms with Crippen LogP contribution in [0.25, 0.3) is 0 Å². The monoisotopic (exact) mass is 347 g/mol. The van der Waals surface area contributed by atoms with Crippen LogP contribution in [0.5, 0.6) is 0 Å². The molecule has 0 spiro atoms. The van der Waals surface area contributed by atoms with E-state index in [0.29, 0.717) is 5.56 Å². The van der Waals surface area contributed by atoms with Gasteiger partial charge in [0.2, 0.25) is 0 Å². The number of nitrogens with one attached hydrogen (secondary N) is 1. The minimum atomic E-state index is -0.263. The second-order valence-corrected chi connectivity index (χ2v) is 6.63. The molecule has 1 amide bonds. The number of carbonyl (C=O) groups excluding carboxylic acids is 1. The van der Waals surface area contributed by atoms with Gasteiger partial charge in [-0.2, -0.15) is 0 Å². The summed E-state index contributed by atoms with van der Waals surface area (Å²) in [4.78, 5) is 20.2. The number of anilines is 2. The highest BCUT2D eigenvalue weighted by Gasteiger charge is 2.33. The summed E-state index contributed by atoms with van der Waals surface area (Å²) in [5.74, 6) is -0.0144. The van der Waals surface area contributed by atoms with Crippen LogP contribution in [0.3, 0.4) is 0 Å². The lowest BCUT2D eigenvalue weighted by atomic mass is 10.0. The summed E-state index contributed by atoms with van der Waals surface area (Å²) < 4.78 is 0. The molecule has 1 N–H and O–H groups in total. The molecule has 1 atom stereocenters. The van der Waals surface area contributed by atoms with Crippen LogP contribution in [0.4, 0.5) is 11.4 Å². The molecule has 0 bridgehead atoms. The lowest BCUT2D eigenvalue weighted by Crippen LogP contribution is -2.43. The number of rotatable bonds is 3. The van der Waals surface area contributed by atoms with Crippen molar-refractivity contribution in [1.82, 2.24) is 4.98 Å². The summed E-state index contributed by atoms with van der Waals surface area (Å²) in [5, 5.41) is 3.51. The zero-order valence-electron chi connectivity index (χ0n) is 13.7.